The summed E-state index contributed by atoms with van der Waals surface area (Å²) in [5.74, 6) is 0.688. The number of hydrogen-bond donors (Lipinski definition) is 0. The van der Waals surface area contributed by atoms with Crippen molar-refractivity contribution >= 4 is 16.8 Å². The van der Waals surface area contributed by atoms with E-state index in [2.05, 4.69) is 35.5 Å². The lowest BCUT2D eigenvalue weighted by atomic mass is 10.0. The van der Waals surface area contributed by atoms with Crippen LogP contribution < -0.4 is 4.74 Å². The fraction of sp³-hybridized carbons (Fsp3) is 0.440. The van der Waals surface area contributed by atoms with Gasteiger partial charge in [-0.15, -0.1) is 0 Å². The Morgan fingerprint density at radius 1 is 1.16 bits per heavy atom. The number of ether oxygens (including phenoxy) is 2. The minimum atomic E-state index is -0.955. The molecule has 1 aromatic carbocycles. The Morgan fingerprint density at radius 3 is 2.55 bits per heavy atom. The quantitative estimate of drug-likeness (QED) is 0.591. The van der Waals surface area contributed by atoms with E-state index in [1.807, 2.05) is 49.3 Å². The number of pyridine rings is 1. The third-order valence-electron chi connectivity index (χ3n) is 5.90. The predicted molar refractivity (Wildman–Crippen MR) is 122 cm³/mol. The highest BCUT2D eigenvalue weighted by Gasteiger charge is 2.35. The molecule has 1 saturated heterocycles. The van der Waals surface area contributed by atoms with Crippen LogP contribution in [0.1, 0.15) is 32.9 Å². The van der Waals surface area contributed by atoms with E-state index in [4.69, 9.17) is 9.47 Å². The molecule has 1 fully saturated rings. The summed E-state index contributed by atoms with van der Waals surface area (Å²) in [5.41, 5.74) is 3.77. The van der Waals surface area contributed by atoms with Crippen LogP contribution in [0.25, 0.3) is 22.0 Å². The maximum atomic E-state index is 13.1. The molecule has 0 atom stereocenters. The van der Waals surface area contributed by atoms with Crippen LogP contribution in [0.2, 0.25) is 0 Å². The van der Waals surface area contributed by atoms with Gasteiger partial charge in [0.15, 0.2) is 5.60 Å². The highest BCUT2D eigenvalue weighted by molar-refractivity contribution is 5.99. The molecule has 0 aliphatic carbocycles. The number of nitrogens with zero attached hydrogens (tertiary/aromatic N) is 3. The summed E-state index contributed by atoms with van der Waals surface area (Å²) >= 11 is 0. The standard InChI is InChI=1S/C25H31N3O3/c1-5-12-28-18(2)23(19-8-10-26-11-9-19)21-17-20(6-7-22(21)28)31-25(3,4)24(29)27-13-15-30-16-14-27/h6-11,17H,5,12-16H2,1-4H3. The fourth-order valence-electron chi connectivity index (χ4n) is 4.41. The summed E-state index contributed by atoms with van der Waals surface area (Å²) in [7, 11) is 0. The average molecular weight is 422 g/mol. The minimum absolute atomic E-state index is 0.00927. The van der Waals surface area contributed by atoms with Crippen molar-refractivity contribution < 1.29 is 14.3 Å². The Hall–Kier alpha value is -2.86. The molecule has 6 heteroatoms. The van der Waals surface area contributed by atoms with Crippen LogP contribution >= 0.6 is 0 Å². The molecule has 31 heavy (non-hydrogen) atoms. The Morgan fingerprint density at radius 2 is 1.87 bits per heavy atom. The molecule has 0 saturated carbocycles. The molecule has 0 bridgehead atoms. The molecule has 0 unspecified atom stereocenters. The van der Waals surface area contributed by atoms with Crippen LogP contribution in [-0.2, 0) is 16.1 Å². The number of carbonyl (C=O) groups is 1. The summed E-state index contributed by atoms with van der Waals surface area (Å²) in [6.45, 7) is 11.4. The number of amides is 1. The highest BCUT2D eigenvalue weighted by Crippen LogP contribution is 2.37. The van der Waals surface area contributed by atoms with Crippen molar-refractivity contribution in [3.05, 3.63) is 48.4 Å². The second kappa shape index (κ2) is 8.71. The van der Waals surface area contributed by atoms with E-state index in [0.29, 0.717) is 32.1 Å². The molecule has 0 radical (unpaired) electrons. The number of hydrogen-bond acceptors (Lipinski definition) is 4. The lowest BCUT2D eigenvalue weighted by molar-refractivity contribution is -0.149. The van der Waals surface area contributed by atoms with Gasteiger partial charge in [0.25, 0.3) is 5.91 Å². The second-order valence-electron chi connectivity index (χ2n) is 8.54. The Bertz CT molecular complexity index is 1070. The van der Waals surface area contributed by atoms with Crippen molar-refractivity contribution in [1.29, 1.82) is 0 Å². The Kier molecular flexibility index (Phi) is 6.01. The van der Waals surface area contributed by atoms with Crippen molar-refractivity contribution in [2.45, 2.75) is 46.3 Å². The summed E-state index contributed by atoms with van der Waals surface area (Å²) < 4.78 is 14.0. The number of rotatable bonds is 6. The summed E-state index contributed by atoms with van der Waals surface area (Å²) in [4.78, 5) is 19.1. The number of carbonyl (C=O) groups excluding carboxylic acids is 1. The van der Waals surface area contributed by atoms with Gasteiger partial charge in [-0.2, -0.15) is 0 Å². The van der Waals surface area contributed by atoms with E-state index in [-0.39, 0.29) is 5.91 Å². The lowest BCUT2D eigenvalue weighted by Gasteiger charge is -2.34. The molecule has 2 aromatic heterocycles. The molecule has 1 amide bonds. The molecule has 1 aliphatic rings. The number of benzene rings is 1. The maximum absolute atomic E-state index is 13.1. The number of aromatic nitrogens is 2. The predicted octanol–water partition coefficient (Wildman–Crippen LogP) is 4.44. The van der Waals surface area contributed by atoms with Crippen LogP contribution in [0.3, 0.4) is 0 Å². The van der Waals surface area contributed by atoms with Gasteiger partial charge in [-0.3, -0.25) is 9.78 Å². The largest absolute Gasteiger partial charge is 0.478 e. The van der Waals surface area contributed by atoms with Crippen molar-refractivity contribution in [2.75, 3.05) is 26.3 Å². The monoisotopic (exact) mass is 421 g/mol. The number of fused-ring (bicyclic) bond motifs is 1. The lowest BCUT2D eigenvalue weighted by Crippen LogP contribution is -2.52. The summed E-state index contributed by atoms with van der Waals surface area (Å²) in [6, 6.07) is 10.2. The molecule has 0 N–H and O–H groups in total. The summed E-state index contributed by atoms with van der Waals surface area (Å²) in [5, 5.41) is 1.13. The Balaban J connectivity index is 1.72. The molecule has 3 aromatic rings. The van der Waals surface area contributed by atoms with Crippen LogP contribution in [0.5, 0.6) is 5.75 Å². The summed E-state index contributed by atoms with van der Waals surface area (Å²) in [6.07, 6.45) is 4.70. The molecule has 0 spiro atoms. The molecule has 4 rings (SSSR count). The molecule has 3 heterocycles. The van der Waals surface area contributed by atoms with Gasteiger partial charge in [0.1, 0.15) is 5.75 Å². The highest BCUT2D eigenvalue weighted by atomic mass is 16.5. The van der Waals surface area contributed by atoms with Gasteiger partial charge in [0.05, 0.1) is 13.2 Å². The number of morpholine rings is 1. The first-order valence-electron chi connectivity index (χ1n) is 11.0. The van der Waals surface area contributed by atoms with E-state index in [1.165, 1.54) is 16.8 Å². The first-order chi connectivity index (χ1) is 14.9. The SMILES string of the molecule is CCCn1c(C)c(-c2ccncc2)c2cc(OC(C)(C)C(=O)N3CCOCC3)ccc21. The molecular formula is C25H31N3O3. The third-order valence-corrected chi connectivity index (χ3v) is 5.90. The van der Waals surface area contributed by atoms with Gasteiger partial charge in [0.2, 0.25) is 0 Å². The van der Waals surface area contributed by atoms with E-state index < -0.39 is 5.60 Å². The van der Waals surface area contributed by atoms with Gasteiger partial charge >= 0.3 is 0 Å². The van der Waals surface area contributed by atoms with Gasteiger partial charge in [-0.1, -0.05) is 6.92 Å². The van der Waals surface area contributed by atoms with Gasteiger partial charge in [-0.25, -0.2) is 0 Å². The molecule has 164 valence electrons. The molecule has 6 nitrogen and oxygen atoms in total. The van der Waals surface area contributed by atoms with E-state index in [9.17, 15) is 4.79 Å². The van der Waals surface area contributed by atoms with Crippen molar-refractivity contribution in [2.24, 2.45) is 0 Å². The van der Waals surface area contributed by atoms with E-state index >= 15 is 0 Å². The first kappa shape index (κ1) is 21.4. The van der Waals surface area contributed by atoms with Gasteiger partial charge in [-0.05, 0) is 63.1 Å². The maximum Gasteiger partial charge on any atom is 0.266 e. The van der Waals surface area contributed by atoms with Crippen molar-refractivity contribution in [3.63, 3.8) is 0 Å². The van der Waals surface area contributed by atoms with Crippen LogP contribution in [0.15, 0.2) is 42.7 Å². The topological polar surface area (TPSA) is 56.6 Å². The van der Waals surface area contributed by atoms with Crippen molar-refractivity contribution in [1.82, 2.24) is 14.5 Å². The van der Waals surface area contributed by atoms with Crippen LogP contribution in [-0.4, -0.2) is 52.3 Å². The Labute approximate surface area is 183 Å². The van der Waals surface area contributed by atoms with E-state index in [0.717, 1.165) is 23.9 Å². The van der Waals surface area contributed by atoms with Crippen molar-refractivity contribution in [3.8, 4) is 16.9 Å². The van der Waals surface area contributed by atoms with Gasteiger partial charge in [0, 0.05) is 54.2 Å². The molecule has 1 aliphatic heterocycles. The normalized spacial score (nSPS) is 14.8. The van der Waals surface area contributed by atoms with Gasteiger partial charge < -0.3 is 18.9 Å². The van der Waals surface area contributed by atoms with Crippen LogP contribution in [0.4, 0.5) is 0 Å². The van der Waals surface area contributed by atoms with Crippen LogP contribution in [0, 0.1) is 6.92 Å². The fourth-order valence-corrected chi connectivity index (χ4v) is 4.41. The first-order valence-corrected chi connectivity index (χ1v) is 11.0. The molecular weight excluding hydrogens is 390 g/mol. The smallest absolute Gasteiger partial charge is 0.266 e. The zero-order valence-corrected chi connectivity index (χ0v) is 18.9. The zero-order chi connectivity index (χ0) is 22.0. The third kappa shape index (κ3) is 4.17. The minimum Gasteiger partial charge on any atom is -0.478 e. The zero-order valence-electron chi connectivity index (χ0n) is 18.9. The van der Waals surface area contributed by atoms with E-state index in [1.54, 1.807) is 0 Å². The average Bonchev–Trinajstić information content (AvgIpc) is 3.05. The second-order valence-corrected chi connectivity index (χ2v) is 8.54. The number of aryl methyl sites for hydroxylation is 1.